The first kappa shape index (κ1) is 12.5. The zero-order valence-corrected chi connectivity index (χ0v) is 13.3. The second-order valence-corrected chi connectivity index (χ2v) is 9.65. The van der Waals surface area contributed by atoms with Crippen molar-refractivity contribution in [2.24, 2.45) is 10.8 Å². The second kappa shape index (κ2) is 3.51. The molecule has 0 spiro atoms. The van der Waals surface area contributed by atoms with Gasteiger partial charge in [-0.15, -0.1) is 0 Å². The Bertz CT molecular complexity index is 566. The summed E-state index contributed by atoms with van der Waals surface area (Å²) in [5.41, 5.74) is -2.28. The Kier molecular flexibility index (Phi) is 2.44. The van der Waals surface area contributed by atoms with Gasteiger partial charge in [0.15, 0.2) is 0 Å². The zero-order valence-electron chi connectivity index (χ0n) is 9.84. The molecule has 0 amide bonds. The van der Waals surface area contributed by atoms with Gasteiger partial charge in [-0.3, -0.25) is 0 Å². The van der Waals surface area contributed by atoms with E-state index in [4.69, 9.17) is 0 Å². The molecule has 1 aliphatic heterocycles. The van der Waals surface area contributed by atoms with Gasteiger partial charge >= 0.3 is 117 Å². The average Bonchev–Trinajstić information content (AvgIpc) is 2.84. The molecular formula is C12H12O4Se2. The molecule has 0 radical (unpaired) electrons. The van der Waals surface area contributed by atoms with Gasteiger partial charge in [0.05, 0.1) is 0 Å². The van der Waals surface area contributed by atoms with Crippen LogP contribution < -0.4 is 4.46 Å². The van der Waals surface area contributed by atoms with E-state index in [-0.39, 0.29) is 40.2 Å². The molecule has 0 aromatic carbocycles. The summed E-state index contributed by atoms with van der Waals surface area (Å²) in [5.74, 6) is -1.99. The van der Waals surface area contributed by atoms with Gasteiger partial charge < -0.3 is 0 Å². The van der Waals surface area contributed by atoms with E-state index in [1.807, 2.05) is 0 Å². The van der Waals surface area contributed by atoms with Gasteiger partial charge in [-0.25, -0.2) is 0 Å². The van der Waals surface area contributed by atoms with E-state index in [0.29, 0.717) is 0 Å². The second-order valence-electron chi connectivity index (χ2n) is 5.18. The van der Waals surface area contributed by atoms with Crippen LogP contribution in [0.25, 0.3) is 0 Å². The van der Waals surface area contributed by atoms with Gasteiger partial charge in [0, 0.05) is 0 Å². The third kappa shape index (κ3) is 1.09. The number of fused-ring (bicyclic) bond motifs is 3. The van der Waals surface area contributed by atoms with Crippen molar-refractivity contribution >= 4 is 45.9 Å². The van der Waals surface area contributed by atoms with E-state index >= 15 is 0 Å². The van der Waals surface area contributed by atoms with Crippen LogP contribution in [0, 0.1) is 10.8 Å². The molecule has 2 heterocycles. The maximum absolute atomic E-state index is 11.7. The van der Waals surface area contributed by atoms with Crippen molar-refractivity contribution in [3.8, 4) is 0 Å². The molecule has 1 saturated carbocycles. The summed E-state index contributed by atoms with van der Waals surface area (Å²) < 4.78 is 2.51. The van der Waals surface area contributed by atoms with Gasteiger partial charge in [0.2, 0.25) is 0 Å². The fourth-order valence-electron chi connectivity index (χ4n) is 3.21. The SMILES string of the molecule is CC1(C(=O)O)C2[Se]c3cc[se]c3C2C1(C)C(=O)O. The molecule has 4 nitrogen and oxygen atoms in total. The van der Waals surface area contributed by atoms with Gasteiger partial charge in [0.25, 0.3) is 0 Å². The Balaban J connectivity index is 2.16. The number of carbonyl (C=O) groups is 2. The van der Waals surface area contributed by atoms with Crippen molar-refractivity contribution in [1.82, 2.24) is 0 Å². The molecule has 0 saturated heterocycles. The first-order valence-corrected chi connectivity index (χ1v) is 9.25. The van der Waals surface area contributed by atoms with Crippen LogP contribution in [0.2, 0.25) is 4.82 Å². The van der Waals surface area contributed by atoms with E-state index in [9.17, 15) is 19.8 Å². The van der Waals surface area contributed by atoms with Crippen LogP contribution >= 0.6 is 0 Å². The first-order chi connectivity index (χ1) is 8.35. The van der Waals surface area contributed by atoms with Crippen LogP contribution in [0.3, 0.4) is 0 Å². The zero-order chi connectivity index (χ0) is 13.3. The number of hydrogen-bond acceptors (Lipinski definition) is 2. The van der Waals surface area contributed by atoms with Crippen LogP contribution in [-0.2, 0) is 9.59 Å². The molecule has 18 heavy (non-hydrogen) atoms. The predicted octanol–water partition coefficient (Wildman–Crippen LogP) is 0.154. The summed E-state index contributed by atoms with van der Waals surface area (Å²) >= 11 is 0.337. The maximum atomic E-state index is 11.7. The molecule has 1 fully saturated rings. The molecule has 2 aliphatic rings. The number of carboxylic acids is 2. The molecule has 3 rings (SSSR count). The molecule has 96 valence electrons. The molecule has 4 unspecified atom stereocenters. The molecule has 6 heteroatoms. The molecule has 0 bridgehead atoms. The van der Waals surface area contributed by atoms with Gasteiger partial charge in [0.1, 0.15) is 0 Å². The molecule has 1 aliphatic carbocycles. The van der Waals surface area contributed by atoms with E-state index in [0.717, 1.165) is 0 Å². The van der Waals surface area contributed by atoms with Crippen molar-refractivity contribution in [1.29, 1.82) is 0 Å². The van der Waals surface area contributed by atoms with E-state index in [1.54, 1.807) is 13.8 Å². The Morgan fingerprint density at radius 2 is 1.83 bits per heavy atom. The van der Waals surface area contributed by atoms with E-state index in [2.05, 4.69) is 11.0 Å². The minimum atomic E-state index is -1.16. The molecular weight excluding hydrogens is 366 g/mol. The van der Waals surface area contributed by atoms with Crippen molar-refractivity contribution < 1.29 is 19.8 Å². The van der Waals surface area contributed by atoms with Crippen LogP contribution in [-0.4, -0.2) is 51.6 Å². The Morgan fingerprint density at radius 3 is 2.39 bits per heavy atom. The van der Waals surface area contributed by atoms with E-state index < -0.39 is 22.8 Å². The summed E-state index contributed by atoms with van der Waals surface area (Å²) in [6.45, 7) is 3.23. The fraction of sp³-hybridized carbons (Fsp3) is 0.500. The topological polar surface area (TPSA) is 74.6 Å². The van der Waals surface area contributed by atoms with Crippen molar-refractivity contribution in [2.75, 3.05) is 0 Å². The van der Waals surface area contributed by atoms with Gasteiger partial charge in [-0.1, -0.05) is 0 Å². The normalized spacial score (nSPS) is 40.8. The number of hydrogen-bond donors (Lipinski definition) is 2. The third-order valence-electron chi connectivity index (χ3n) is 4.65. The number of aliphatic carboxylic acids is 2. The first-order valence-electron chi connectivity index (χ1n) is 5.56. The minimum absolute atomic E-state index is 0.0143. The summed E-state index contributed by atoms with van der Waals surface area (Å²) in [5, 5.41) is 19.1. The van der Waals surface area contributed by atoms with Gasteiger partial charge in [-0.2, -0.15) is 0 Å². The summed E-state index contributed by atoms with van der Waals surface area (Å²) in [7, 11) is 0. The molecule has 1 aromatic rings. The fourth-order valence-corrected chi connectivity index (χ4v) is 11.1. The Labute approximate surface area is 116 Å². The monoisotopic (exact) mass is 380 g/mol. The summed E-state index contributed by atoms with van der Waals surface area (Å²) in [4.78, 5) is 25.4. The molecule has 1 aromatic heterocycles. The standard InChI is InChI=1S/C12H12O4Se2/c1-11(9(13)14)6-7-5(3-4-17-7)18-8(6)12(11,2)10(15)16/h3-4,6,8H,1-2H3,(H,13,14)(H,15,16). The summed E-state index contributed by atoms with van der Waals surface area (Å²) in [6.07, 6.45) is 0. The Morgan fingerprint density at radius 1 is 1.22 bits per heavy atom. The quantitative estimate of drug-likeness (QED) is 0.719. The van der Waals surface area contributed by atoms with Gasteiger partial charge in [-0.05, 0) is 0 Å². The van der Waals surface area contributed by atoms with Crippen molar-refractivity contribution in [2.45, 2.75) is 24.6 Å². The van der Waals surface area contributed by atoms with Crippen LogP contribution in [0.4, 0.5) is 0 Å². The third-order valence-corrected chi connectivity index (χ3v) is 10.8. The molecule has 2 N–H and O–H groups in total. The van der Waals surface area contributed by atoms with Crippen molar-refractivity contribution in [3.63, 3.8) is 0 Å². The predicted molar refractivity (Wildman–Crippen MR) is 66.7 cm³/mol. The van der Waals surface area contributed by atoms with Crippen LogP contribution in [0.1, 0.15) is 24.2 Å². The van der Waals surface area contributed by atoms with Crippen LogP contribution in [0.5, 0.6) is 0 Å². The summed E-state index contributed by atoms with van der Waals surface area (Å²) in [6, 6.07) is 2.08. The number of carboxylic acid groups (broad SMARTS) is 2. The molecule has 4 atom stereocenters. The average molecular weight is 378 g/mol. The Hall–Kier alpha value is -0.541. The van der Waals surface area contributed by atoms with E-state index in [1.165, 1.54) is 8.90 Å². The number of rotatable bonds is 2. The van der Waals surface area contributed by atoms with Crippen molar-refractivity contribution in [3.05, 3.63) is 15.4 Å². The van der Waals surface area contributed by atoms with Crippen LogP contribution in [0.15, 0.2) is 11.0 Å².